The molecule has 2 saturated heterocycles. The number of aliphatic hydroxyl groups is 3. The summed E-state index contributed by atoms with van der Waals surface area (Å²) in [6.45, 7) is 10.8. The average molecular weight is 462 g/mol. The van der Waals surface area contributed by atoms with E-state index in [0.717, 1.165) is 38.9 Å². The third-order valence-electron chi connectivity index (χ3n) is 7.04. The SMILES string of the molecule is CCC[C@@H]1CC(C(=O)NC([C@H]2O[C@H](SC)[C@H](O)[C@@H](O)[C@H]2O)[C@@H](C)N(CC)CC)N(C)C1. The Hall–Kier alpha value is -0.420. The molecule has 0 saturated carbocycles. The number of nitrogens with one attached hydrogen (secondary N) is 1. The molecule has 2 fully saturated rings. The highest BCUT2D eigenvalue weighted by Gasteiger charge is 2.49. The van der Waals surface area contributed by atoms with Crippen LogP contribution in [-0.2, 0) is 9.53 Å². The van der Waals surface area contributed by atoms with E-state index in [1.54, 1.807) is 6.26 Å². The van der Waals surface area contributed by atoms with Crippen molar-refractivity contribution in [2.45, 2.75) is 94.9 Å². The summed E-state index contributed by atoms with van der Waals surface area (Å²) in [6.07, 6.45) is 0.192. The largest absolute Gasteiger partial charge is 0.388 e. The summed E-state index contributed by atoms with van der Waals surface area (Å²) in [5.74, 6) is 0.445. The van der Waals surface area contributed by atoms with Crippen LogP contribution in [-0.4, -0.2) is 112 Å². The summed E-state index contributed by atoms with van der Waals surface area (Å²) in [7, 11) is 1.98. The smallest absolute Gasteiger partial charge is 0.237 e. The molecule has 0 aromatic carbocycles. The molecule has 0 aromatic heterocycles. The number of likely N-dealkylation sites (tertiary alicyclic amines) is 1. The van der Waals surface area contributed by atoms with Crippen LogP contribution in [0.15, 0.2) is 0 Å². The summed E-state index contributed by atoms with van der Waals surface area (Å²) in [5, 5.41) is 34.7. The molecule has 2 aliphatic rings. The molecule has 0 spiro atoms. The molecule has 4 N–H and O–H groups in total. The van der Waals surface area contributed by atoms with Crippen LogP contribution in [0, 0.1) is 5.92 Å². The molecule has 0 aliphatic carbocycles. The molecule has 9 atom stereocenters. The lowest BCUT2D eigenvalue weighted by atomic mass is 9.90. The van der Waals surface area contributed by atoms with Gasteiger partial charge in [-0.2, -0.15) is 0 Å². The third-order valence-corrected chi connectivity index (χ3v) is 7.90. The molecule has 1 amide bonds. The van der Waals surface area contributed by atoms with Crippen molar-refractivity contribution in [1.82, 2.24) is 15.1 Å². The zero-order valence-corrected chi connectivity index (χ0v) is 20.7. The van der Waals surface area contributed by atoms with Gasteiger partial charge in [-0.25, -0.2) is 0 Å². The maximum absolute atomic E-state index is 13.3. The lowest BCUT2D eigenvalue weighted by Crippen LogP contribution is -2.67. The van der Waals surface area contributed by atoms with Crippen LogP contribution >= 0.6 is 11.8 Å². The van der Waals surface area contributed by atoms with Gasteiger partial charge in [-0.1, -0.05) is 27.2 Å². The van der Waals surface area contributed by atoms with Crippen LogP contribution in [0.1, 0.15) is 47.0 Å². The van der Waals surface area contributed by atoms with Crippen LogP contribution in [0.4, 0.5) is 0 Å². The number of ether oxygens (including phenoxy) is 1. The molecule has 2 heterocycles. The molecule has 9 heteroatoms. The maximum atomic E-state index is 13.3. The Morgan fingerprint density at radius 2 is 1.84 bits per heavy atom. The Morgan fingerprint density at radius 1 is 1.19 bits per heavy atom. The van der Waals surface area contributed by atoms with Crippen molar-refractivity contribution in [1.29, 1.82) is 0 Å². The monoisotopic (exact) mass is 461 g/mol. The van der Waals surface area contributed by atoms with Crippen LogP contribution < -0.4 is 5.32 Å². The van der Waals surface area contributed by atoms with Gasteiger partial charge in [0.2, 0.25) is 5.91 Å². The minimum absolute atomic E-state index is 0.0674. The van der Waals surface area contributed by atoms with Crippen LogP contribution in [0.2, 0.25) is 0 Å². The highest BCUT2D eigenvalue weighted by atomic mass is 32.2. The standard InChI is InChI=1S/C22H43N3O5S/c1-7-10-14-11-15(24(5)12-14)21(29)23-16(13(4)25(8-2)9-3)20-18(27)17(26)19(28)22(30-20)31-6/h13-20,22,26-28H,7-12H2,1-6H3,(H,23,29)/t13-,14-,15?,16?,17+,18-,19-,20-,22-/m1/s1. The zero-order chi connectivity index (χ0) is 23.3. The normalized spacial score (nSPS) is 36.5. The van der Waals surface area contributed by atoms with Gasteiger partial charge in [0.05, 0.1) is 12.1 Å². The zero-order valence-electron chi connectivity index (χ0n) is 19.9. The number of likely N-dealkylation sites (N-methyl/N-ethyl adjacent to an activating group) is 2. The fourth-order valence-electron chi connectivity index (χ4n) is 5.16. The van der Waals surface area contributed by atoms with E-state index in [1.807, 2.05) is 14.0 Å². The number of amides is 1. The first-order valence-corrected chi connectivity index (χ1v) is 13.0. The van der Waals surface area contributed by atoms with Gasteiger partial charge in [0, 0.05) is 12.6 Å². The van der Waals surface area contributed by atoms with Gasteiger partial charge in [0.15, 0.2) is 0 Å². The summed E-state index contributed by atoms with van der Waals surface area (Å²) < 4.78 is 6.05. The summed E-state index contributed by atoms with van der Waals surface area (Å²) in [5.41, 5.74) is -0.671. The molecule has 2 rings (SSSR count). The molecule has 0 bridgehead atoms. The third kappa shape index (κ3) is 6.13. The Balaban J connectivity index is 2.25. The predicted octanol–water partition coefficient (Wildman–Crippen LogP) is 0.493. The molecular formula is C22H43N3O5S. The number of carbonyl (C=O) groups is 1. The van der Waals surface area contributed by atoms with Gasteiger partial charge in [-0.15, -0.1) is 11.8 Å². The molecule has 0 aromatic rings. The quantitative estimate of drug-likeness (QED) is 0.373. The number of aliphatic hydroxyl groups excluding tert-OH is 3. The Labute approximate surface area is 191 Å². The van der Waals surface area contributed by atoms with Gasteiger partial charge in [-0.3, -0.25) is 14.6 Å². The van der Waals surface area contributed by atoms with E-state index in [1.165, 1.54) is 11.8 Å². The minimum atomic E-state index is -1.33. The number of carbonyl (C=O) groups excluding carboxylic acids is 1. The van der Waals surface area contributed by atoms with Gasteiger partial charge in [0.25, 0.3) is 0 Å². The fraction of sp³-hybridized carbons (Fsp3) is 0.955. The molecule has 2 unspecified atom stereocenters. The first-order valence-electron chi connectivity index (χ1n) is 11.7. The Morgan fingerprint density at radius 3 is 2.39 bits per heavy atom. The first kappa shape index (κ1) is 26.8. The van der Waals surface area contributed by atoms with Crippen LogP contribution in [0.25, 0.3) is 0 Å². The van der Waals surface area contributed by atoms with E-state index in [9.17, 15) is 20.1 Å². The molecule has 31 heavy (non-hydrogen) atoms. The summed E-state index contributed by atoms with van der Waals surface area (Å²) >= 11 is 1.28. The average Bonchev–Trinajstić information content (AvgIpc) is 3.12. The van der Waals surface area contributed by atoms with Gasteiger partial charge in [-0.05, 0) is 52.1 Å². The topological polar surface area (TPSA) is 106 Å². The second-order valence-corrected chi connectivity index (χ2v) is 9.95. The molecule has 8 nitrogen and oxygen atoms in total. The van der Waals surface area contributed by atoms with E-state index in [4.69, 9.17) is 4.74 Å². The van der Waals surface area contributed by atoms with Crippen molar-refractivity contribution >= 4 is 17.7 Å². The first-order chi connectivity index (χ1) is 14.7. The van der Waals surface area contributed by atoms with Crippen molar-refractivity contribution in [3.63, 3.8) is 0 Å². The number of thioether (sulfide) groups is 1. The highest BCUT2D eigenvalue weighted by molar-refractivity contribution is 7.99. The van der Waals surface area contributed by atoms with E-state index >= 15 is 0 Å². The van der Waals surface area contributed by atoms with E-state index in [-0.39, 0.29) is 18.0 Å². The second-order valence-electron chi connectivity index (χ2n) is 9.02. The van der Waals surface area contributed by atoms with E-state index in [2.05, 4.69) is 35.9 Å². The van der Waals surface area contributed by atoms with Gasteiger partial charge in [0.1, 0.15) is 29.9 Å². The predicted molar refractivity (Wildman–Crippen MR) is 124 cm³/mol. The second kappa shape index (κ2) is 12.2. The van der Waals surface area contributed by atoms with Gasteiger partial charge >= 0.3 is 0 Å². The lowest BCUT2D eigenvalue weighted by Gasteiger charge is -2.46. The van der Waals surface area contributed by atoms with Crippen molar-refractivity contribution < 1.29 is 24.9 Å². The number of nitrogens with zero attached hydrogens (tertiary/aromatic N) is 2. The van der Waals surface area contributed by atoms with Crippen molar-refractivity contribution in [2.24, 2.45) is 5.92 Å². The number of hydrogen-bond acceptors (Lipinski definition) is 8. The van der Waals surface area contributed by atoms with Crippen molar-refractivity contribution in [3.8, 4) is 0 Å². The lowest BCUT2D eigenvalue weighted by molar-refractivity contribution is -0.209. The minimum Gasteiger partial charge on any atom is -0.388 e. The Bertz CT molecular complexity index is 565. The number of hydrogen-bond donors (Lipinski definition) is 4. The highest BCUT2D eigenvalue weighted by Crippen LogP contribution is 2.31. The van der Waals surface area contributed by atoms with Gasteiger partial charge < -0.3 is 25.4 Å². The summed E-state index contributed by atoms with van der Waals surface area (Å²) in [4.78, 5) is 17.6. The molecule has 0 radical (unpaired) electrons. The van der Waals surface area contributed by atoms with Crippen molar-refractivity contribution in [2.75, 3.05) is 32.9 Å². The molecule has 182 valence electrons. The Kier molecular flexibility index (Phi) is 10.5. The van der Waals surface area contributed by atoms with Crippen molar-refractivity contribution in [3.05, 3.63) is 0 Å². The maximum Gasteiger partial charge on any atom is 0.237 e. The molecular weight excluding hydrogens is 418 g/mol. The van der Waals surface area contributed by atoms with Crippen LogP contribution in [0.3, 0.4) is 0 Å². The van der Waals surface area contributed by atoms with E-state index < -0.39 is 35.9 Å². The van der Waals surface area contributed by atoms with Crippen LogP contribution in [0.5, 0.6) is 0 Å². The summed E-state index contributed by atoms with van der Waals surface area (Å²) in [6, 6.07) is -0.866. The molecule has 2 aliphatic heterocycles. The fourth-order valence-corrected chi connectivity index (χ4v) is 5.84. The number of rotatable bonds is 10. The van der Waals surface area contributed by atoms with E-state index in [0.29, 0.717) is 5.92 Å².